The van der Waals surface area contributed by atoms with Crippen molar-refractivity contribution < 1.29 is 9.84 Å². The van der Waals surface area contributed by atoms with Crippen LogP contribution in [-0.4, -0.2) is 23.2 Å². The number of rotatable bonds is 10. The van der Waals surface area contributed by atoms with Crippen molar-refractivity contribution in [1.82, 2.24) is 4.90 Å². The fourth-order valence-electron chi connectivity index (χ4n) is 3.91. The lowest BCUT2D eigenvalue weighted by atomic mass is 9.98. The van der Waals surface area contributed by atoms with Gasteiger partial charge < -0.3 is 9.84 Å². The molecular formula is C29H29NO2. The summed E-state index contributed by atoms with van der Waals surface area (Å²) in [4.78, 5) is 2.28. The van der Waals surface area contributed by atoms with Crippen molar-refractivity contribution in [3.8, 4) is 16.9 Å². The van der Waals surface area contributed by atoms with Crippen molar-refractivity contribution in [3.05, 3.63) is 126 Å². The summed E-state index contributed by atoms with van der Waals surface area (Å²) < 4.78 is 6.23. The maximum atomic E-state index is 9.64. The Hall–Kier alpha value is -3.40. The Labute approximate surface area is 190 Å². The Morgan fingerprint density at radius 1 is 0.594 bits per heavy atom. The topological polar surface area (TPSA) is 32.7 Å². The van der Waals surface area contributed by atoms with Crippen LogP contribution in [0.1, 0.15) is 16.7 Å². The highest BCUT2D eigenvalue weighted by Crippen LogP contribution is 2.33. The first-order chi connectivity index (χ1) is 15.8. The highest BCUT2D eigenvalue weighted by atomic mass is 16.5. The van der Waals surface area contributed by atoms with Gasteiger partial charge in [0.2, 0.25) is 0 Å². The third-order valence-electron chi connectivity index (χ3n) is 5.49. The average Bonchev–Trinajstić information content (AvgIpc) is 2.85. The summed E-state index contributed by atoms with van der Waals surface area (Å²) in [5.41, 5.74) is 5.85. The lowest BCUT2D eigenvalue weighted by molar-refractivity contribution is 0.184. The van der Waals surface area contributed by atoms with Gasteiger partial charge in [-0.15, -0.1) is 0 Å². The van der Waals surface area contributed by atoms with Crippen LogP contribution < -0.4 is 4.74 Å². The van der Waals surface area contributed by atoms with Gasteiger partial charge in [-0.1, -0.05) is 103 Å². The number of hydrogen-bond donors (Lipinski definition) is 1. The highest BCUT2D eigenvalue weighted by molar-refractivity contribution is 5.73. The molecule has 0 aliphatic carbocycles. The Kier molecular flexibility index (Phi) is 7.69. The van der Waals surface area contributed by atoms with Gasteiger partial charge in [0.15, 0.2) is 0 Å². The molecule has 3 heteroatoms. The zero-order chi connectivity index (χ0) is 22.0. The van der Waals surface area contributed by atoms with Gasteiger partial charge in [0, 0.05) is 25.2 Å². The molecule has 1 N–H and O–H groups in total. The second kappa shape index (κ2) is 11.3. The van der Waals surface area contributed by atoms with Crippen molar-refractivity contribution in [2.45, 2.75) is 19.7 Å². The van der Waals surface area contributed by atoms with Gasteiger partial charge in [0.05, 0.1) is 6.61 Å². The molecular weight excluding hydrogens is 394 g/mol. The van der Waals surface area contributed by atoms with Crippen LogP contribution >= 0.6 is 0 Å². The van der Waals surface area contributed by atoms with E-state index in [1.807, 2.05) is 36.4 Å². The van der Waals surface area contributed by atoms with E-state index < -0.39 is 0 Å². The van der Waals surface area contributed by atoms with Gasteiger partial charge in [-0.2, -0.15) is 0 Å². The normalized spacial score (nSPS) is 10.9. The SMILES string of the molecule is OCCN(Cc1ccccc1)Cc1ccccc1-c1ccccc1OCc1ccccc1. The molecule has 32 heavy (non-hydrogen) atoms. The van der Waals surface area contributed by atoms with Crippen LogP contribution in [0.5, 0.6) is 5.75 Å². The molecule has 4 rings (SSSR count). The number of ether oxygens (including phenoxy) is 1. The summed E-state index contributed by atoms with van der Waals surface area (Å²) in [5.74, 6) is 0.876. The van der Waals surface area contributed by atoms with Crippen LogP contribution in [0, 0.1) is 0 Å². The van der Waals surface area contributed by atoms with Crippen molar-refractivity contribution in [2.24, 2.45) is 0 Å². The van der Waals surface area contributed by atoms with Crippen LogP contribution in [-0.2, 0) is 19.7 Å². The highest BCUT2D eigenvalue weighted by Gasteiger charge is 2.14. The maximum Gasteiger partial charge on any atom is 0.127 e. The average molecular weight is 424 g/mol. The van der Waals surface area contributed by atoms with Gasteiger partial charge >= 0.3 is 0 Å². The molecule has 0 aliphatic rings. The summed E-state index contributed by atoms with van der Waals surface area (Å²) in [7, 11) is 0. The van der Waals surface area contributed by atoms with Crippen molar-refractivity contribution in [2.75, 3.05) is 13.2 Å². The first-order valence-electron chi connectivity index (χ1n) is 11.0. The second-order valence-corrected chi connectivity index (χ2v) is 7.85. The Bertz CT molecular complexity index is 1100. The number of nitrogens with zero attached hydrogens (tertiary/aromatic N) is 1. The molecule has 162 valence electrons. The van der Waals surface area contributed by atoms with E-state index in [9.17, 15) is 5.11 Å². The number of benzene rings is 4. The minimum absolute atomic E-state index is 0.131. The molecule has 4 aromatic rings. The molecule has 0 atom stereocenters. The first kappa shape index (κ1) is 21.8. The van der Waals surface area contributed by atoms with Gasteiger partial charge in [-0.05, 0) is 28.3 Å². The molecule has 0 saturated heterocycles. The molecule has 0 amide bonds. The molecule has 0 heterocycles. The first-order valence-corrected chi connectivity index (χ1v) is 11.0. The molecule has 0 radical (unpaired) electrons. The van der Waals surface area contributed by atoms with Crippen LogP contribution in [0.15, 0.2) is 109 Å². The van der Waals surface area contributed by atoms with E-state index in [0.29, 0.717) is 13.2 Å². The van der Waals surface area contributed by atoms with Crippen LogP contribution in [0.2, 0.25) is 0 Å². The molecule has 0 bridgehead atoms. The van der Waals surface area contributed by atoms with E-state index in [1.165, 1.54) is 11.1 Å². The smallest absolute Gasteiger partial charge is 0.127 e. The lowest BCUT2D eigenvalue weighted by Crippen LogP contribution is -2.26. The molecule has 0 aliphatic heterocycles. The van der Waals surface area contributed by atoms with Crippen molar-refractivity contribution >= 4 is 0 Å². The van der Waals surface area contributed by atoms with E-state index in [-0.39, 0.29) is 6.61 Å². The summed E-state index contributed by atoms with van der Waals surface area (Å²) >= 11 is 0. The molecule has 3 nitrogen and oxygen atoms in total. The fraction of sp³-hybridized carbons (Fsp3) is 0.172. The van der Waals surface area contributed by atoms with E-state index >= 15 is 0 Å². The van der Waals surface area contributed by atoms with E-state index in [1.54, 1.807) is 0 Å². The Morgan fingerprint density at radius 2 is 1.19 bits per heavy atom. The fourth-order valence-corrected chi connectivity index (χ4v) is 3.91. The zero-order valence-corrected chi connectivity index (χ0v) is 18.2. The summed E-state index contributed by atoms with van der Waals surface area (Å²) in [5, 5.41) is 9.64. The second-order valence-electron chi connectivity index (χ2n) is 7.85. The third kappa shape index (κ3) is 5.85. The van der Waals surface area contributed by atoms with Crippen molar-refractivity contribution in [3.63, 3.8) is 0 Å². The predicted octanol–water partition coefficient (Wildman–Crippen LogP) is 5.93. The molecule has 0 spiro atoms. The van der Waals surface area contributed by atoms with E-state index in [0.717, 1.165) is 35.5 Å². The van der Waals surface area contributed by atoms with Crippen LogP contribution in [0.4, 0.5) is 0 Å². The number of para-hydroxylation sites is 1. The molecule has 0 unspecified atom stereocenters. The predicted molar refractivity (Wildman–Crippen MR) is 130 cm³/mol. The van der Waals surface area contributed by atoms with Gasteiger partial charge in [0.1, 0.15) is 12.4 Å². The molecule has 0 fully saturated rings. The van der Waals surface area contributed by atoms with Crippen molar-refractivity contribution in [1.29, 1.82) is 0 Å². The van der Waals surface area contributed by atoms with Gasteiger partial charge in [-0.25, -0.2) is 0 Å². The Balaban J connectivity index is 1.58. The van der Waals surface area contributed by atoms with E-state index in [2.05, 4.69) is 77.7 Å². The molecule has 4 aromatic carbocycles. The van der Waals surface area contributed by atoms with Gasteiger partial charge in [-0.3, -0.25) is 4.90 Å². The summed E-state index contributed by atoms with van der Waals surface area (Å²) in [6.07, 6.45) is 0. The molecule has 0 saturated carbocycles. The molecule has 0 aromatic heterocycles. The standard InChI is InChI=1S/C29H29NO2/c31-20-19-30(21-24-11-3-1-4-12-24)22-26-15-7-8-16-27(26)28-17-9-10-18-29(28)32-23-25-13-5-2-6-14-25/h1-18,31H,19-23H2. The Morgan fingerprint density at radius 3 is 1.91 bits per heavy atom. The lowest BCUT2D eigenvalue weighted by Gasteiger charge is -2.23. The largest absolute Gasteiger partial charge is 0.488 e. The minimum Gasteiger partial charge on any atom is -0.488 e. The zero-order valence-electron chi connectivity index (χ0n) is 18.2. The maximum absolute atomic E-state index is 9.64. The van der Waals surface area contributed by atoms with Crippen LogP contribution in [0.3, 0.4) is 0 Å². The van der Waals surface area contributed by atoms with Crippen LogP contribution in [0.25, 0.3) is 11.1 Å². The number of hydrogen-bond acceptors (Lipinski definition) is 3. The monoisotopic (exact) mass is 423 g/mol. The minimum atomic E-state index is 0.131. The number of aliphatic hydroxyl groups is 1. The third-order valence-corrected chi connectivity index (χ3v) is 5.49. The summed E-state index contributed by atoms with van der Waals surface area (Å²) in [6.45, 7) is 2.83. The summed E-state index contributed by atoms with van der Waals surface area (Å²) in [6, 6.07) is 37.3. The van der Waals surface area contributed by atoms with E-state index in [4.69, 9.17) is 4.74 Å². The quantitative estimate of drug-likeness (QED) is 0.343. The van der Waals surface area contributed by atoms with Gasteiger partial charge in [0.25, 0.3) is 0 Å². The number of aliphatic hydroxyl groups excluding tert-OH is 1.